The summed E-state index contributed by atoms with van der Waals surface area (Å²) in [6, 6.07) is 16.3. The normalized spacial score (nSPS) is 11.3. The Balaban J connectivity index is 1.43. The minimum Gasteiger partial charge on any atom is -0.456 e. The molecule has 0 saturated carbocycles. The van der Waals surface area contributed by atoms with E-state index >= 15 is 0 Å². The van der Waals surface area contributed by atoms with Gasteiger partial charge in [0.15, 0.2) is 23.1 Å². The van der Waals surface area contributed by atoms with Gasteiger partial charge in [0.25, 0.3) is 11.8 Å². The Bertz CT molecular complexity index is 2110. The molecule has 0 saturated heterocycles. The highest BCUT2D eigenvalue weighted by molar-refractivity contribution is 6.31. The quantitative estimate of drug-likeness (QED) is 0.132. The number of ketones is 1. The number of rotatable bonds is 10. The first-order chi connectivity index (χ1) is 23.2. The topological polar surface area (TPSA) is 132 Å². The molecule has 0 aliphatic carbocycles. The minimum atomic E-state index is -1.07. The van der Waals surface area contributed by atoms with E-state index in [9.17, 15) is 28.0 Å². The molecule has 2 heterocycles. The zero-order chi connectivity index (χ0) is 35.5. The molecule has 0 bridgehead atoms. The molecule has 2 N–H and O–H groups in total. The maximum atomic E-state index is 13.7. The highest BCUT2D eigenvalue weighted by Crippen LogP contribution is 2.21. The van der Waals surface area contributed by atoms with Crippen LogP contribution < -0.4 is 10.6 Å². The first kappa shape index (κ1) is 34.8. The fourth-order valence-electron chi connectivity index (χ4n) is 4.94. The summed E-state index contributed by atoms with van der Waals surface area (Å²) in [4.78, 5) is 57.2. The van der Waals surface area contributed by atoms with Gasteiger partial charge in [-0.25, -0.2) is 23.1 Å². The molecule has 0 atom stereocenters. The van der Waals surface area contributed by atoms with Crippen molar-refractivity contribution in [3.05, 3.63) is 134 Å². The van der Waals surface area contributed by atoms with Crippen LogP contribution in [0.4, 0.5) is 8.78 Å². The number of carbonyl (C=O) groups excluding carboxylic acids is 4. The van der Waals surface area contributed by atoms with Crippen LogP contribution in [0.3, 0.4) is 0 Å². The van der Waals surface area contributed by atoms with Gasteiger partial charge in [0.1, 0.15) is 17.0 Å². The fourth-order valence-corrected chi connectivity index (χ4v) is 5.14. The number of hydrogen-bond donors (Lipinski definition) is 2. The maximum absolute atomic E-state index is 13.7. The highest BCUT2D eigenvalue weighted by Gasteiger charge is 2.24. The molecule has 0 spiro atoms. The second kappa shape index (κ2) is 14.3. The van der Waals surface area contributed by atoms with Gasteiger partial charge in [0, 0.05) is 30.6 Å². The predicted octanol–water partition coefficient (Wildman–Crippen LogP) is 6.21. The molecule has 2 aromatic heterocycles. The summed E-state index contributed by atoms with van der Waals surface area (Å²) in [6.45, 7) is 6.97. The van der Waals surface area contributed by atoms with Crippen LogP contribution in [0.5, 0.6) is 0 Å². The van der Waals surface area contributed by atoms with Gasteiger partial charge < -0.3 is 15.4 Å². The third-order valence-corrected chi connectivity index (χ3v) is 7.71. The number of Topliss-reactive ketones (excluding diaryl/α,β-unsaturated/α-hetero) is 1. The number of amides is 2. The van der Waals surface area contributed by atoms with Gasteiger partial charge in [-0.15, -0.1) is 0 Å². The smallest absolute Gasteiger partial charge is 0.338 e. The van der Waals surface area contributed by atoms with E-state index in [0.717, 1.165) is 16.6 Å². The summed E-state index contributed by atoms with van der Waals surface area (Å²) < 4.78 is 33.7. The van der Waals surface area contributed by atoms with Crippen molar-refractivity contribution < 1.29 is 32.7 Å². The molecule has 2 amide bonds. The van der Waals surface area contributed by atoms with E-state index in [4.69, 9.17) is 16.3 Å². The molecule has 5 rings (SSSR count). The van der Waals surface area contributed by atoms with E-state index in [1.54, 1.807) is 70.2 Å². The molecule has 49 heavy (non-hydrogen) atoms. The number of hydrogen-bond acceptors (Lipinski definition) is 7. The van der Waals surface area contributed by atoms with Gasteiger partial charge in [-0.05, 0) is 74.2 Å². The summed E-state index contributed by atoms with van der Waals surface area (Å²) in [5.41, 5.74) is 1.63. The van der Waals surface area contributed by atoms with Crippen LogP contribution >= 0.6 is 11.6 Å². The number of esters is 1. The Hall–Kier alpha value is -5.49. The van der Waals surface area contributed by atoms with Gasteiger partial charge in [0.2, 0.25) is 0 Å². The van der Waals surface area contributed by atoms with E-state index in [1.165, 1.54) is 18.3 Å². The summed E-state index contributed by atoms with van der Waals surface area (Å²) >= 11 is 6.27. The van der Waals surface area contributed by atoms with Crippen LogP contribution in [0.2, 0.25) is 5.02 Å². The molecule has 0 aliphatic rings. The van der Waals surface area contributed by atoms with E-state index in [0.29, 0.717) is 32.8 Å². The van der Waals surface area contributed by atoms with E-state index in [1.807, 2.05) is 0 Å². The fraction of sp³-hybridized carbons (Fsp3) is 0.222. The van der Waals surface area contributed by atoms with Crippen molar-refractivity contribution in [1.29, 1.82) is 0 Å². The van der Waals surface area contributed by atoms with Crippen LogP contribution in [0, 0.1) is 18.6 Å². The van der Waals surface area contributed by atoms with E-state index in [2.05, 4.69) is 20.7 Å². The van der Waals surface area contributed by atoms with Crippen molar-refractivity contribution in [2.24, 2.45) is 0 Å². The average molecular weight is 688 g/mol. The molecule has 10 nitrogen and oxygen atoms in total. The highest BCUT2D eigenvalue weighted by atomic mass is 35.5. The Morgan fingerprint density at radius 3 is 2.20 bits per heavy atom. The molecular formula is C36H32ClF2N5O5. The average Bonchev–Trinajstić information content (AvgIpc) is 3.48. The minimum absolute atomic E-state index is 0.0414. The molecule has 5 aromatic rings. The lowest BCUT2D eigenvalue weighted by Crippen LogP contribution is -2.29. The van der Waals surface area contributed by atoms with Crippen molar-refractivity contribution in [3.8, 4) is 0 Å². The zero-order valence-electron chi connectivity index (χ0n) is 27.1. The van der Waals surface area contributed by atoms with Crippen LogP contribution in [-0.4, -0.2) is 43.8 Å². The number of aromatic nitrogens is 3. The van der Waals surface area contributed by atoms with Gasteiger partial charge in [-0.2, -0.15) is 5.10 Å². The van der Waals surface area contributed by atoms with Crippen molar-refractivity contribution in [1.82, 2.24) is 25.2 Å². The lowest BCUT2D eigenvalue weighted by Gasteiger charge is -2.20. The first-order valence-corrected chi connectivity index (χ1v) is 15.6. The van der Waals surface area contributed by atoms with E-state index < -0.39 is 40.8 Å². The van der Waals surface area contributed by atoms with Crippen molar-refractivity contribution in [3.63, 3.8) is 0 Å². The Morgan fingerprint density at radius 1 is 0.857 bits per heavy atom. The van der Waals surface area contributed by atoms with Gasteiger partial charge in [-0.3, -0.25) is 14.4 Å². The van der Waals surface area contributed by atoms with Crippen LogP contribution in [0.1, 0.15) is 84.7 Å². The number of halogens is 3. The lowest BCUT2D eigenvalue weighted by atomic mass is 10.0. The van der Waals surface area contributed by atoms with Crippen molar-refractivity contribution in [2.75, 3.05) is 0 Å². The van der Waals surface area contributed by atoms with Crippen LogP contribution in [0.15, 0.2) is 72.9 Å². The van der Waals surface area contributed by atoms with Crippen LogP contribution in [0.25, 0.3) is 5.65 Å². The number of fused-ring (bicyclic) bond motifs is 1. The summed E-state index contributed by atoms with van der Waals surface area (Å²) in [5.74, 6) is -4.33. The van der Waals surface area contributed by atoms with Gasteiger partial charge in [-0.1, -0.05) is 48.0 Å². The lowest BCUT2D eigenvalue weighted by molar-refractivity contribution is 0.00683. The number of aryl methyl sites for hydroxylation is 1. The predicted molar refractivity (Wildman–Crippen MR) is 178 cm³/mol. The van der Waals surface area contributed by atoms with Gasteiger partial charge >= 0.3 is 5.97 Å². The number of ether oxygens (including phenoxy) is 1. The Labute approximate surface area is 285 Å². The Morgan fingerprint density at radius 2 is 1.53 bits per heavy atom. The maximum Gasteiger partial charge on any atom is 0.338 e. The number of benzene rings is 3. The number of nitrogens with one attached hydrogen (secondary N) is 2. The molecule has 0 fully saturated rings. The standard InChI is InChI=1S/C36H32ClF2N5O5/c1-20-13-21(9-11-24(20)35(48)49-36(2,3)4)17-41-34(47)30-16-29(33(46)40-18-22-10-12-27(38)28(39)14-22)43-32-25(19-42-44(30)32)31(45)15-23-7-5-6-8-26(23)37/h5-14,16,19H,15,17-18H2,1-4H3,(H,40,46)(H,41,47). The van der Waals surface area contributed by atoms with Crippen LogP contribution in [-0.2, 0) is 24.2 Å². The number of carbonyl (C=O) groups is 4. The third-order valence-electron chi connectivity index (χ3n) is 7.35. The second-order valence-corrected chi connectivity index (χ2v) is 12.7. The molecular weight excluding hydrogens is 656 g/mol. The Kier molecular flexibility index (Phi) is 10.2. The summed E-state index contributed by atoms with van der Waals surface area (Å²) in [7, 11) is 0. The molecule has 252 valence electrons. The summed E-state index contributed by atoms with van der Waals surface area (Å²) in [5, 5.41) is 10.0. The zero-order valence-corrected chi connectivity index (χ0v) is 27.8. The van der Waals surface area contributed by atoms with Crippen molar-refractivity contribution in [2.45, 2.75) is 52.8 Å². The summed E-state index contributed by atoms with van der Waals surface area (Å²) in [6.07, 6.45) is 1.18. The number of nitrogens with zero attached hydrogens (tertiary/aromatic N) is 3. The van der Waals surface area contributed by atoms with Crippen molar-refractivity contribution >= 4 is 40.8 Å². The second-order valence-electron chi connectivity index (χ2n) is 12.3. The first-order valence-electron chi connectivity index (χ1n) is 15.2. The van der Waals surface area contributed by atoms with E-state index in [-0.39, 0.29) is 42.1 Å². The largest absolute Gasteiger partial charge is 0.456 e. The molecule has 13 heteroatoms. The molecule has 0 radical (unpaired) electrons. The molecule has 3 aromatic carbocycles. The molecule has 0 unspecified atom stereocenters. The monoisotopic (exact) mass is 687 g/mol. The third kappa shape index (κ3) is 8.33. The molecule has 0 aliphatic heterocycles. The SMILES string of the molecule is Cc1cc(CNC(=O)c2cc(C(=O)NCc3ccc(F)c(F)c3)nc3c(C(=O)Cc4ccccc4Cl)cnn23)ccc1C(=O)OC(C)(C)C. The van der Waals surface area contributed by atoms with Gasteiger partial charge in [0.05, 0.1) is 17.3 Å².